The van der Waals surface area contributed by atoms with Gasteiger partial charge >= 0.3 is 0 Å². The summed E-state index contributed by atoms with van der Waals surface area (Å²) < 4.78 is 32.1. The van der Waals surface area contributed by atoms with Crippen molar-refractivity contribution in [2.45, 2.75) is 29.8 Å². The summed E-state index contributed by atoms with van der Waals surface area (Å²) in [5.74, 6) is -1.87. The molecule has 2 amide bonds. The van der Waals surface area contributed by atoms with Gasteiger partial charge in [-0.05, 0) is 42.8 Å². The number of carbonyl (C=O) groups is 2. The number of pyridine rings is 1. The van der Waals surface area contributed by atoms with Gasteiger partial charge < -0.3 is 19.7 Å². The second-order valence-electron chi connectivity index (χ2n) is 8.64. The number of amides is 2. The third-order valence-electron chi connectivity index (χ3n) is 5.87. The standard InChI is InChI=1S/C26H21F2N3O4S/c1-26(14-32)25(34)31(13-15-6-18(27)10-19(28)7-15)21-9-17(11-30-24(21)36-26)23(33)29-12-20-8-16-4-2-3-5-22(16)35-20/h2-11,32H,12-14H2,1H3,(H,29,33). The van der Waals surface area contributed by atoms with E-state index in [4.69, 9.17) is 4.42 Å². The van der Waals surface area contributed by atoms with Crippen LogP contribution in [0.5, 0.6) is 0 Å². The normalized spacial score (nSPS) is 17.3. The van der Waals surface area contributed by atoms with Crippen LogP contribution in [0.15, 0.2) is 70.2 Å². The number of para-hydroxylation sites is 1. The van der Waals surface area contributed by atoms with E-state index in [1.54, 1.807) is 6.92 Å². The molecule has 2 aromatic heterocycles. The zero-order chi connectivity index (χ0) is 25.4. The van der Waals surface area contributed by atoms with Gasteiger partial charge in [0.1, 0.15) is 32.8 Å². The van der Waals surface area contributed by atoms with Crippen molar-refractivity contribution < 1.29 is 27.9 Å². The number of hydrogen-bond donors (Lipinski definition) is 2. The number of aromatic nitrogens is 1. The molecule has 1 aliphatic rings. The highest BCUT2D eigenvalue weighted by Gasteiger charge is 2.44. The second kappa shape index (κ2) is 9.36. The number of nitrogens with zero attached hydrogens (tertiary/aromatic N) is 2. The van der Waals surface area contributed by atoms with Crippen molar-refractivity contribution in [1.82, 2.24) is 10.3 Å². The molecule has 0 saturated heterocycles. The average molecular weight is 510 g/mol. The van der Waals surface area contributed by atoms with Gasteiger partial charge in [-0.3, -0.25) is 9.59 Å². The molecule has 0 aliphatic carbocycles. The minimum atomic E-state index is -1.24. The maximum atomic E-state index is 13.8. The Kier molecular flexibility index (Phi) is 6.23. The number of furan rings is 1. The van der Waals surface area contributed by atoms with E-state index in [0.29, 0.717) is 22.1 Å². The van der Waals surface area contributed by atoms with Crippen LogP contribution in [0.3, 0.4) is 0 Å². The summed E-state index contributed by atoms with van der Waals surface area (Å²) in [4.78, 5) is 31.9. The van der Waals surface area contributed by atoms with Crippen molar-refractivity contribution in [1.29, 1.82) is 0 Å². The molecule has 5 rings (SSSR count). The predicted molar refractivity (Wildman–Crippen MR) is 131 cm³/mol. The number of thioether (sulfide) groups is 1. The minimum absolute atomic E-state index is 0.146. The Labute approximate surface area is 209 Å². The number of halogens is 2. The summed E-state index contributed by atoms with van der Waals surface area (Å²) in [6.45, 7) is 1.08. The van der Waals surface area contributed by atoms with Gasteiger partial charge in [-0.15, -0.1) is 0 Å². The molecular weight excluding hydrogens is 488 g/mol. The number of anilines is 1. The third-order valence-corrected chi connectivity index (χ3v) is 7.13. The predicted octanol–water partition coefficient (Wildman–Crippen LogP) is 4.43. The highest BCUT2D eigenvalue weighted by molar-refractivity contribution is 8.01. The molecule has 0 spiro atoms. The SMILES string of the molecule is CC1(CO)Sc2ncc(C(=O)NCc3cc4ccccc4o3)cc2N(Cc2cc(F)cc(F)c2)C1=O. The Hall–Kier alpha value is -3.76. The summed E-state index contributed by atoms with van der Waals surface area (Å²) >= 11 is 1.07. The minimum Gasteiger partial charge on any atom is -0.459 e. The highest BCUT2D eigenvalue weighted by Crippen LogP contribution is 2.44. The fourth-order valence-electron chi connectivity index (χ4n) is 4.02. The van der Waals surface area contributed by atoms with Crippen LogP contribution in [0.25, 0.3) is 11.0 Å². The van der Waals surface area contributed by atoms with Crippen LogP contribution in [0, 0.1) is 11.6 Å². The fraction of sp³-hybridized carbons (Fsp3) is 0.192. The van der Waals surface area contributed by atoms with E-state index >= 15 is 0 Å². The first-order valence-corrected chi connectivity index (χ1v) is 11.9. The monoisotopic (exact) mass is 509 g/mol. The van der Waals surface area contributed by atoms with Crippen molar-refractivity contribution in [3.05, 3.63) is 89.3 Å². The molecule has 1 unspecified atom stereocenters. The molecule has 184 valence electrons. The number of nitrogens with one attached hydrogen (secondary N) is 1. The number of carbonyl (C=O) groups excluding carboxylic acids is 2. The van der Waals surface area contributed by atoms with Gasteiger partial charge in [-0.25, -0.2) is 13.8 Å². The zero-order valence-corrected chi connectivity index (χ0v) is 19.9. The molecular formula is C26H21F2N3O4S. The molecule has 4 aromatic rings. The van der Waals surface area contributed by atoms with Gasteiger partial charge in [0.05, 0.1) is 30.9 Å². The number of aliphatic hydroxyl groups is 1. The van der Waals surface area contributed by atoms with Crippen LogP contribution in [0.1, 0.15) is 28.6 Å². The maximum Gasteiger partial charge on any atom is 0.253 e. The van der Waals surface area contributed by atoms with Crippen LogP contribution in [0.4, 0.5) is 14.5 Å². The first-order valence-electron chi connectivity index (χ1n) is 11.1. The summed E-state index contributed by atoms with van der Waals surface area (Å²) in [6, 6.07) is 13.8. The Bertz CT molecular complexity index is 1440. The van der Waals surface area contributed by atoms with Crippen LogP contribution >= 0.6 is 11.8 Å². The lowest BCUT2D eigenvalue weighted by atomic mass is 10.1. The van der Waals surface area contributed by atoms with E-state index in [2.05, 4.69) is 10.3 Å². The number of fused-ring (bicyclic) bond motifs is 2. The Morgan fingerprint density at radius 2 is 1.92 bits per heavy atom. The highest BCUT2D eigenvalue weighted by atomic mass is 32.2. The van der Waals surface area contributed by atoms with Gasteiger partial charge in [0.15, 0.2) is 0 Å². The van der Waals surface area contributed by atoms with Gasteiger partial charge in [-0.1, -0.05) is 30.0 Å². The quantitative estimate of drug-likeness (QED) is 0.400. The summed E-state index contributed by atoms with van der Waals surface area (Å²) in [7, 11) is 0. The molecule has 2 N–H and O–H groups in total. The van der Waals surface area contributed by atoms with Crippen molar-refractivity contribution in [3.8, 4) is 0 Å². The first kappa shape index (κ1) is 24.0. The van der Waals surface area contributed by atoms with E-state index in [9.17, 15) is 23.5 Å². The summed E-state index contributed by atoms with van der Waals surface area (Å²) in [5.41, 5.74) is 1.45. The number of benzene rings is 2. The molecule has 10 heteroatoms. The molecule has 3 heterocycles. The molecule has 36 heavy (non-hydrogen) atoms. The molecule has 0 bridgehead atoms. The maximum absolute atomic E-state index is 13.8. The molecule has 7 nitrogen and oxygen atoms in total. The number of aliphatic hydroxyl groups excluding tert-OH is 1. The van der Waals surface area contributed by atoms with Crippen molar-refractivity contribution >= 4 is 40.2 Å². The zero-order valence-electron chi connectivity index (χ0n) is 19.1. The third kappa shape index (κ3) is 4.57. The van der Waals surface area contributed by atoms with Crippen LogP contribution in [0.2, 0.25) is 0 Å². The first-order chi connectivity index (χ1) is 17.3. The van der Waals surface area contributed by atoms with Crippen LogP contribution < -0.4 is 10.2 Å². The van der Waals surface area contributed by atoms with E-state index in [1.807, 2.05) is 30.3 Å². The lowest BCUT2D eigenvalue weighted by molar-refractivity contribution is -0.121. The smallest absolute Gasteiger partial charge is 0.253 e. The molecule has 0 fully saturated rings. The number of rotatable bonds is 6. The largest absolute Gasteiger partial charge is 0.459 e. The van der Waals surface area contributed by atoms with Crippen molar-refractivity contribution in [2.24, 2.45) is 0 Å². The van der Waals surface area contributed by atoms with Crippen molar-refractivity contribution in [2.75, 3.05) is 11.5 Å². The molecule has 1 aliphatic heterocycles. The van der Waals surface area contributed by atoms with Crippen molar-refractivity contribution in [3.63, 3.8) is 0 Å². The lowest BCUT2D eigenvalue weighted by Gasteiger charge is -2.38. The van der Waals surface area contributed by atoms with Gasteiger partial charge in [0.2, 0.25) is 5.91 Å². The lowest BCUT2D eigenvalue weighted by Crippen LogP contribution is -2.50. The van der Waals surface area contributed by atoms with Crippen LogP contribution in [-0.4, -0.2) is 33.3 Å². The topological polar surface area (TPSA) is 95.7 Å². The Balaban J connectivity index is 1.42. The Morgan fingerprint density at radius 1 is 1.17 bits per heavy atom. The van der Waals surface area contributed by atoms with Crippen LogP contribution in [-0.2, 0) is 17.9 Å². The number of hydrogen-bond acceptors (Lipinski definition) is 6. The van der Waals surface area contributed by atoms with Gasteiger partial charge in [0.25, 0.3) is 5.91 Å². The summed E-state index contributed by atoms with van der Waals surface area (Å²) in [6.07, 6.45) is 1.38. The average Bonchev–Trinajstić information content (AvgIpc) is 3.27. The molecule has 0 radical (unpaired) electrons. The van der Waals surface area contributed by atoms with E-state index < -0.39 is 34.8 Å². The second-order valence-corrected chi connectivity index (χ2v) is 10.1. The molecule has 1 atom stereocenters. The summed E-state index contributed by atoms with van der Waals surface area (Å²) in [5, 5.41) is 14.0. The van der Waals surface area contributed by atoms with Gasteiger partial charge in [-0.2, -0.15) is 0 Å². The van der Waals surface area contributed by atoms with Gasteiger partial charge in [0, 0.05) is 17.6 Å². The van der Waals surface area contributed by atoms with E-state index in [0.717, 1.165) is 35.3 Å². The fourth-order valence-corrected chi connectivity index (χ4v) is 5.09. The van der Waals surface area contributed by atoms with E-state index in [1.165, 1.54) is 17.2 Å². The Morgan fingerprint density at radius 3 is 2.64 bits per heavy atom. The van der Waals surface area contributed by atoms with E-state index in [-0.39, 0.29) is 24.2 Å². The molecule has 2 aromatic carbocycles. The molecule has 0 saturated carbocycles.